The molecule has 1 fully saturated rings. The minimum atomic E-state index is -0.291. The lowest BCUT2D eigenvalue weighted by molar-refractivity contribution is 0.114. The predicted octanol–water partition coefficient (Wildman–Crippen LogP) is 5.50. The maximum absolute atomic E-state index is 13.0. The normalized spacial score (nSPS) is 15.6. The second-order valence-electron chi connectivity index (χ2n) is 9.99. The summed E-state index contributed by atoms with van der Waals surface area (Å²) in [5, 5.41) is 3.91. The first kappa shape index (κ1) is 26.3. The van der Waals surface area contributed by atoms with Gasteiger partial charge < -0.3 is 29.7 Å². The standard InChI is InChI=1S/C29H34ClN5O3/c1-17-13-20(18-8-11-35(2)12-9-18)15-23-27(17)34-28(33-23)26-22(7-10-31-29(26)36)32-16-25(38-4)19-5-6-24(37-3)21(30)14-19/h5-7,10,13-15,18,25H,8-9,11-12,16H2,1-4H3,(H,33,34)(H2,31,32,36)/t25-/m1/s1. The highest BCUT2D eigenvalue weighted by Crippen LogP contribution is 2.33. The molecule has 0 spiro atoms. The van der Waals surface area contributed by atoms with Crippen molar-refractivity contribution in [1.82, 2.24) is 19.9 Å². The van der Waals surface area contributed by atoms with Crippen LogP contribution in [0.15, 0.2) is 47.4 Å². The Balaban J connectivity index is 1.43. The van der Waals surface area contributed by atoms with Gasteiger partial charge in [-0.2, -0.15) is 0 Å². The zero-order valence-electron chi connectivity index (χ0n) is 22.2. The molecule has 2 aromatic carbocycles. The third kappa shape index (κ3) is 5.29. The van der Waals surface area contributed by atoms with Crippen molar-refractivity contribution in [1.29, 1.82) is 0 Å². The molecule has 4 aromatic rings. The molecule has 0 bridgehead atoms. The van der Waals surface area contributed by atoms with Crippen LogP contribution < -0.4 is 15.6 Å². The Kier molecular flexibility index (Phi) is 7.74. The van der Waals surface area contributed by atoms with Crippen LogP contribution in [-0.4, -0.2) is 60.8 Å². The molecule has 0 aliphatic carbocycles. The van der Waals surface area contributed by atoms with Gasteiger partial charge in [0.05, 0.1) is 35.0 Å². The maximum Gasteiger partial charge on any atom is 0.261 e. The Hall–Kier alpha value is -3.33. The van der Waals surface area contributed by atoms with Crippen molar-refractivity contribution < 1.29 is 9.47 Å². The second-order valence-corrected chi connectivity index (χ2v) is 10.4. The molecule has 1 saturated heterocycles. The van der Waals surface area contributed by atoms with Crippen LogP contribution in [0.5, 0.6) is 5.75 Å². The zero-order chi connectivity index (χ0) is 26.8. The van der Waals surface area contributed by atoms with Gasteiger partial charge in [0.15, 0.2) is 0 Å². The molecule has 0 radical (unpaired) electrons. The highest BCUT2D eigenvalue weighted by atomic mass is 35.5. The number of ether oxygens (including phenoxy) is 2. The van der Waals surface area contributed by atoms with Crippen LogP contribution in [0.25, 0.3) is 22.4 Å². The Morgan fingerprint density at radius 1 is 1.18 bits per heavy atom. The molecule has 8 nitrogen and oxygen atoms in total. The Labute approximate surface area is 227 Å². The summed E-state index contributed by atoms with van der Waals surface area (Å²) in [6.07, 6.45) is 3.64. The maximum atomic E-state index is 13.0. The van der Waals surface area contributed by atoms with E-state index in [2.05, 4.69) is 46.3 Å². The number of aromatic nitrogens is 3. The zero-order valence-corrected chi connectivity index (χ0v) is 23.0. The van der Waals surface area contributed by atoms with Gasteiger partial charge in [-0.05, 0) is 86.8 Å². The molecule has 1 aliphatic heterocycles. The minimum Gasteiger partial charge on any atom is -0.495 e. The third-order valence-electron chi connectivity index (χ3n) is 7.50. The summed E-state index contributed by atoms with van der Waals surface area (Å²) in [6, 6.07) is 11.9. The quantitative estimate of drug-likeness (QED) is 0.276. The third-order valence-corrected chi connectivity index (χ3v) is 7.79. The van der Waals surface area contributed by atoms with E-state index in [-0.39, 0.29) is 11.7 Å². The van der Waals surface area contributed by atoms with Crippen LogP contribution in [0.1, 0.15) is 41.6 Å². The van der Waals surface area contributed by atoms with Crippen LogP contribution in [0, 0.1) is 6.92 Å². The largest absolute Gasteiger partial charge is 0.495 e. The molecule has 3 N–H and O–H groups in total. The molecular weight excluding hydrogens is 502 g/mol. The number of halogens is 1. The van der Waals surface area contributed by atoms with Gasteiger partial charge in [0.25, 0.3) is 5.56 Å². The number of anilines is 1. The summed E-state index contributed by atoms with van der Waals surface area (Å²) in [7, 11) is 5.41. The molecule has 2 aromatic heterocycles. The Morgan fingerprint density at radius 2 is 1.97 bits per heavy atom. The molecule has 0 amide bonds. The molecule has 0 unspecified atom stereocenters. The van der Waals surface area contributed by atoms with Crippen molar-refractivity contribution >= 4 is 28.3 Å². The van der Waals surface area contributed by atoms with E-state index in [1.165, 1.54) is 5.56 Å². The monoisotopic (exact) mass is 535 g/mol. The van der Waals surface area contributed by atoms with Crippen LogP contribution in [0.4, 0.5) is 5.69 Å². The second kappa shape index (κ2) is 11.2. The number of aryl methyl sites for hydroxylation is 1. The smallest absolute Gasteiger partial charge is 0.261 e. The van der Waals surface area contributed by atoms with Crippen LogP contribution in [0.2, 0.25) is 5.02 Å². The number of hydrogen-bond donors (Lipinski definition) is 3. The lowest BCUT2D eigenvalue weighted by Crippen LogP contribution is -2.29. The highest BCUT2D eigenvalue weighted by molar-refractivity contribution is 6.32. The molecule has 9 heteroatoms. The van der Waals surface area contributed by atoms with E-state index in [0.29, 0.717) is 40.3 Å². The van der Waals surface area contributed by atoms with Crippen LogP contribution in [-0.2, 0) is 4.74 Å². The van der Waals surface area contributed by atoms with Crippen molar-refractivity contribution in [2.75, 3.05) is 46.2 Å². The van der Waals surface area contributed by atoms with Crippen molar-refractivity contribution in [3.8, 4) is 17.1 Å². The first-order valence-electron chi connectivity index (χ1n) is 12.9. The number of likely N-dealkylation sites (tertiary alicyclic amines) is 1. The van der Waals surface area contributed by atoms with E-state index in [4.69, 9.17) is 26.1 Å². The first-order chi connectivity index (χ1) is 18.4. The number of nitrogens with zero attached hydrogens (tertiary/aromatic N) is 2. The summed E-state index contributed by atoms with van der Waals surface area (Å²) in [4.78, 5) is 26.5. The number of aromatic amines is 2. The summed E-state index contributed by atoms with van der Waals surface area (Å²) >= 11 is 6.33. The molecule has 1 aliphatic rings. The first-order valence-corrected chi connectivity index (χ1v) is 13.3. The molecule has 200 valence electrons. The fourth-order valence-electron chi connectivity index (χ4n) is 5.30. The van der Waals surface area contributed by atoms with Crippen LogP contribution in [0.3, 0.4) is 0 Å². The van der Waals surface area contributed by atoms with Gasteiger partial charge in [-0.3, -0.25) is 4.79 Å². The molecule has 1 atom stereocenters. The van der Waals surface area contributed by atoms with E-state index in [1.54, 1.807) is 20.4 Å². The number of benzene rings is 2. The van der Waals surface area contributed by atoms with Gasteiger partial charge >= 0.3 is 0 Å². The number of piperidine rings is 1. The number of fused-ring (bicyclic) bond motifs is 1. The van der Waals surface area contributed by atoms with Gasteiger partial charge in [0.2, 0.25) is 0 Å². The van der Waals surface area contributed by atoms with Gasteiger partial charge in [0, 0.05) is 19.9 Å². The summed E-state index contributed by atoms with van der Waals surface area (Å²) < 4.78 is 11.0. The van der Waals surface area contributed by atoms with E-state index >= 15 is 0 Å². The van der Waals surface area contributed by atoms with Crippen LogP contribution >= 0.6 is 11.6 Å². The number of methoxy groups -OCH3 is 2. The van der Waals surface area contributed by atoms with Gasteiger partial charge in [-0.15, -0.1) is 0 Å². The summed E-state index contributed by atoms with van der Waals surface area (Å²) in [6.45, 7) is 4.73. The average Bonchev–Trinajstić information content (AvgIpc) is 3.34. The number of hydrogen-bond acceptors (Lipinski definition) is 6. The van der Waals surface area contributed by atoms with E-state index in [0.717, 1.165) is 48.1 Å². The van der Waals surface area contributed by atoms with Crippen molar-refractivity contribution in [3.05, 3.63) is 74.7 Å². The average molecular weight is 536 g/mol. The molecule has 0 saturated carbocycles. The molecule has 38 heavy (non-hydrogen) atoms. The van der Waals surface area contributed by atoms with Gasteiger partial charge in [-0.1, -0.05) is 23.7 Å². The topological polar surface area (TPSA) is 95.3 Å². The number of pyridine rings is 1. The SMILES string of the molecule is COc1ccc([C@@H](CNc2cc[nH]c(=O)c2-c2nc3c(C)cc(C4CCN(C)CC4)cc3[nH]2)OC)cc1Cl. The highest BCUT2D eigenvalue weighted by Gasteiger charge is 2.22. The number of rotatable bonds is 8. The fourth-order valence-corrected chi connectivity index (χ4v) is 5.56. The molecule has 5 rings (SSSR count). The van der Waals surface area contributed by atoms with E-state index in [9.17, 15) is 4.79 Å². The van der Waals surface area contributed by atoms with E-state index in [1.807, 2.05) is 24.3 Å². The number of imidazole rings is 1. The Morgan fingerprint density at radius 3 is 2.68 bits per heavy atom. The van der Waals surface area contributed by atoms with Crippen molar-refractivity contribution in [2.45, 2.75) is 31.8 Å². The lowest BCUT2D eigenvalue weighted by Gasteiger charge is -2.29. The van der Waals surface area contributed by atoms with Crippen molar-refractivity contribution in [3.63, 3.8) is 0 Å². The molecule has 3 heterocycles. The minimum absolute atomic E-state index is 0.219. The van der Waals surface area contributed by atoms with Gasteiger partial charge in [0.1, 0.15) is 17.1 Å². The predicted molar refractivity (Wildman–Crippen MR) is 153 cm³/mol. The fraction of sp³-hybridized carbons (Fsp3) is 0.379. The Bertz CT molecular complexity index is 1490. The number of H-pyrrole nitrogens is 2. The lowest BCUT2D eigenvalue weighted by atomic mass is 9.88. The van der Waals surface area contributed by atoms with Gasteiger partial charge in [-0.25, -0.2) is 4.98 Å². The number of nitrogens with one attached hydrogen (secondary N) is 3. The van der Waals surface area contributed by atoms with Crippen molar-refractivity contribution in [2.24, 2.45) is 0 Å². The summed E-state index contributed by atoms with van der Waals surface area (Å²) in [5.41, 5.74) is 6.09. The summed E-state index contributed by atoms with van der Waals surface area (Å²) in [5.74, 6) is 1.68. The van der Waals surface area contributed by atoms with E-state index < -0.39 is 0 Å². The molecular formula is C29H34ClN5O3.